The van der Waals surface area contributed by atoms with Crippen LogP contribution in [0.5, 0.6) is 0 Å². The van der Waals surface area contributed by atoms with Gasteiger partial charge in [0.15, 0.2) is 0 Å². The molecule has 1 fully saturated rings. The van der Waals surface area contributed by atoms with Gasteiger partial charge in [-0.2, -0.15) is 5.26 Å². The predicted octanol–water partition coefficient (Wildman–Crippen LogP) is 3.84. The van der Waals surface area contributed by atoms with Gasteiger partial charge in [0.1, 0.15) is 16.3 Å². The molecule has 0 unspecified atom stereocenters. The Morgan fingerprint density at radius 1 is 1.27 bits per heavy atom. The molecule has 2 N–H and O–H groups in total. The Hall–Kier alpha value is -3.54. The number of hydrogen-bond acceptors (Lipinski definition) is 6. The second-order valence-corrected chi connectivity index (χ2v) is 8.30. The fourth-order valence-electron chi connectivity index (χ4n) is 3.90. The molecule has 0 bridgehead atoms. The van der Waals surface area contributed by atoms with E-state index in [1.54, 1.807) is 41.1 Å². The van der Waals surface area contributed by atoms with Crippen LogP contribution in [0.15, 0.2) is 48.0 Å². The first kappa shape index (κ1) is 18.5. The standard InChI is InChI=1S/C22H17N5O2S/c1-13-19(27-9-6-14(11-23)10-18(27)24-13)17-12-30-21(25-17)22(7-8-22)16-4-2-15(3-5-16)20(28)26-29/h2-6,9-10,12,29H,7-8H2,1H3,(H,26,28). The number of carbonyl (C=O) groups is 1. The molecule has 0 saturated heterocycles. The molecule has 7 nitrogen and oxygen atoms in total. The summed E-state index contributed by atoms with van der Waals surface area (Å²) in [6.45, 7) is 1.95. The van der Waals surface area contributed by atoms with Crippen molar-refractivity contribution in [1.29, 1.82) is 5.26 Å². The number of amides is 1. The van der Waals surface area contributed by atoms with Crippen molar-refractivity contribution in [3.63, 3.8) is 0 Å². The molecule has 1 aliphatic rings. The molecule has 1 saturated carbocycles. The Labute approximate surface area is 176 Å². The van der Waals surface area contributed by atoms with Crippen molar-refractivity contribution in [1.82, 2.24) is 19.8 Å². The Morgan fingerprint density at radius 2 is 2.03 bits per heavy atom. The number of benzene rings is 1. The van der Waals surface area contributed by atoms with Crippen molar-refractivity contribution in [2.24, 2.45) is 0 Å². The van der Waals surface area contributed by atoms with Gasteiger partial charge < -0.3 is 0 Å². The molecule has 3 heterocycles. The van der Waals surface area contributed by atoms with Crippen LogP contribution in [0.1, 0.15) is 45.0 Å². The van der Waals surface area contributed by atoms with E-state index < -0.39 is 5.91 Å². The topological polar surface area (TPSA) is 103 Å². The van der Waals surface area contributed by atoms with Gasteiger partial charge in [0, 0.05) is 22.6 Å². The number of imidazole rings is 1. The number of hydroxylamine groups is 1. The average molecular weight is 415 g/mol. The molecular formula is C22H17N5O2S. The first-order valence-electron chi connectivity index (χ1n) is 9.46. The summed E-state index contributed by atoms with van der Waals surface area (Å²) in [6, 6.07) is 13.0. The number of nitrogens with zero attached hydrogens (tertiary/aromatic N) is 4. The van der Waals surface area contributed by atoms with Crippen molar-refractivity contribution in [2.75, 3.05) is 0 Å². The second-order valence-electron chi connectivity index (χ2n) is 7.44. The highest BCUT2D eigenvalue weighted by atomic mass is 32.1. The zero-order valence-corrected chi connectivity index (χ0v) is 16.9. The van der Waals surface area contributed by atoms with Crippen molar-refractivity contribution < 1.29 is 10.0 Å². The number of pyridine rings is 1. The molecule has 30 heavy (non-hydrogen) atoms. The molecule has 5 rings (SSSR count). The summed E-state index contributed by atoms with van der Waals surface area (Å²) < 4.78 is 1.97. The first-order valence-corrected chi connectivity index (χ1v) is 10.3. The predicted molar refractivity (Wildman–Crippen MR) is 111 cm³/mol. The van der Waals surface area contributed by atoms with Crippen molar-refractivity contribution in [3.05, 3.63) is 75.4 Å². The van der Waals surface area contributed by atoms with Crippen LogP contribution in [0.4, 0.5) is 0 Å². The van der Waals surface area contributed by atoms with Crippen LogP contribution >= 0.6 is 11.3 Å². The second kappa shape index (κ2) is 6.76. The van der Waals surface area contributed by atoms with E-state index in [1.165, 1.54) is 0 Å². The Bertz CT molecular complexity index is 1330. The molecule has 8 heteroatoms. The summed E-state index contributed by atoms with van der Waals surface area (Å²) in [7, 11) is 0. The van der Waals surface area contributed by atoms with Crippen molar-refractivity contribution in [2.45, 2.75) is 25.2 Å². The normalized spacial score (nSPS) is 14.4. The summed E-state index contributed by atoms with van der Waals surface area (Å²) in [5.41, 5.74) is 7.04. The van der Waals surface area contributed by atoms with Gasteiger partial charge in [0.05, 0.1) is 23.0 Å². The van der Waals surface area contributed by atoms with Crippen LogP contribution in [0.2, 0.25) is 0 Å². The molecule has 0 aliphatic heterocycles. The zero-order valence-electron chi connectivity index (χ0n) is 16.1. The van der Waals surface area contributed by atoms with Gasteiger partial charge in [-0.15, -0.1) is 11.3 Å². The highest BCUT2D eigenvalue weighted by Crippen LogP contribution is 2.54. The van der Waals surface area contributed by atoms with Gasteiger partial charge in [0.2, 0.25) is 0 Å². The van der Waals surface area contributed by atoms with Crippen molar-refractivity contribution >= 4 is 22.9 Å². The van der Waals surface area contributed by atoms with Gasteiger partial charge in [-0.1, -0.05) is 12.1 Å². The molecule has 1 aromatic carbocycles. The summed E-state index contributed by atoms with van der Waals surface area (Å²) in [4.78, 5) is 21.1. The maximum atomic E-state index is 11.6. The Kier molecular flexibility index (Phi) is 4.17. The lowest BCUT2D eigenvalue weighted by atomic mass is 9.95. The van der Waals surface area contributed by atoms with Gasteiger partial charge in [-0.05, 0) is 49.6 Å². The minimum absolute atomic E-state index is 0.125. The van der Waals surface area contributed by atoms with Crippen molar-refractivity contribution in [3.8, 4) is 17.5 Å². The lowest BCUT2D eigenvalue weighted by Gasteiger charge is -2.13. The molecule has 0 radical (unpaired) electrons. The van der Waals surface area contributed by atoms with Crippen LogP contribution in [0, 0.1) is 18.3 Å². The molecule has 1 amide bonds. The van der Waals surface area contributed by atoms with E-state index in [0.717, 1.165) is 46.1 Å². The quantitative estimate of drug-likeness (QED) is 0.389. The van der Waals surface area contributed by atoms with E-state index in [4.69, 9.17) is 15.5 Å². The molecule has 0 atom stereocenters. The monoisotopic (exact) mass is 415 g/mol. The molecule has 1 aliphatic carbocycles. The molecule has 148 valence electrons. The number of nitriles is 1. The largest absolute Gasteiger partial charge is 0.298 e. The number of nitrogens with one attached hydrogen (secondary N) is 1. The number of rotatable bonds is 4. The van der Waals surface area contributed by atoms with Gasteiger partial charge in [-0.3, -0.25) is 14.4 Å². The molecular weight excluding hydrogens is 398 g/mol. The summed E-state index contributed by atoms with van der Waals surface area (Å²) in [5.74, 6) is -0.523. The first-order chi connectivity index (χ1) is 14.6. The third-order valence-electron chi connectivity index (χ3n) is 5.64. The van der Waals surface area contributed by atoms with E-state index in [2.05, 4.69) is 16.4 Å². The SMILES string of the molecule is Cc1nc2cc(C#N)ccn2c1-c1csc(C2(c3ccc(C(=O)NO)cc3)CC2)n1. The lowest BCUT2D eigenvalue weighted by Crippen LogP contribution is -2.18. The van der Waals surface area contributed by atoms with Crippen LogP contribution in [-0.2, 0) is 5.41 Å². The van der Waals surface area contributed by atoms with Crippen LogP contribution < -0.4 is 5.48 Å². The van der Waals surface area contributed by atoms with Crippen LogP contribution in [0.3, 0.4) is 0 Å². The van der Waals surface area contributed by atoms with E-state index in [9.17, 15) is 4.79 Å². The summed E-state index contributed by atoms with van der Waals surface area (Å²) >= 11 is 1.63. The zero-order chi connectivity index (χ0) is 20.9. The number of thiazole rings is 1. The summed E-state index contributed by atoms with van der Waals surface area (Å²) in [6.07, 6.45) is 3.87. The highest BCUT2D eigenvalue weighted by Gasteiger charge is 2.48. The average Bonchev–Trinajstić information content (AvgIpc) is 3.32. The van der Waals surface area contributed by atoms with Crippen LogP contribution in [0.25, 0.3) is 17.0 Å². The maximum Gasteiger partial charge on any atom is 0.274 e. The Balaban J connectivity index is 1.52. The van der Waals surface area contributed by atoms with E-state index in [-0.39, 0.29) is 5.41 Å². The fraction of sp³-hybridized carbons (Fsp3) is 0.182. The number of carbonyl (C=O) groups excluding carboxylic acids is 1. The lowest BCUT2D eigenvalue weighted by molar-refractivity contribution is 0.0706. The number of aromatic nitrogens is 3. The smallest absolute Gasteiger partial charge is 0.274 e. The van der Waals surface area contributed by atoms with Gasteiger partial charge in [0.25, 0.3) is 5.91 Å². The molecule has 4 aromatic rings. The van der Waals surface area contributed by atoms with E-state index >= 15 is 0 Å². The Morgan fingerprint density at radius 3 is 2.70 bits per heavy atom. The van der Waals surface area contributed by atoms with E-state index in [0.29, 0.717) is 11.1 Å². The van der Waals surface area contributed by atoms with Crippen LogP contribution in [-0.4, -0.2) is 25.5 Å². The number of aryl methyl sites for hydroxylation is 1. The third kappa shape index (κ3) is 2.79. The summed E-state index contributed by atoms with van der Waals surface area (Å²) in [5, 5.41) is 21.0. The fourth-order valence-corrected chi connectivity index (χ4v) is 4.99. The number of fused-ring (bicyclic) bond motifs is 1. The van der Waals surface area contributed by atoms with E-state index in [1.807, 2.05) is 29.7 Å². The minimum Gasteiger partial charge on any atom is -0.298 e. The van der Waals surface area contributed by atoms with Gasteiger partial charge in [-0.25, -0.2) is 15.4 Å². The minimum atomic E-state index is -0.523. The highest BCUT2D eigenvalue weighted by molar-refractivity contribution is 7.10. The molecule has 0 spiro atoms. The third-order valence-corrected chi connectivity index (χ3v) is 6.68. The maximum absolute atomic E-state index is 11.6. The molecule has 3 aromatic heterocycles. The number of hydrogen-bond donors (Lipinski definition) is 2. The van der Waals surface area contributed by atoms with Gasteiger partial charge >= 0.3 is 0 Å².